The molecule has 1 aliphatic heterocycles. The Labute approximate surface area is 120 Å². The van der Waals surface area contributed by atoms with E-state index in [-0.39, 0.29) is 24.2 Å². The van der Waals surface area contributed by atoms with Crippen molar-refractivity contribution in [1.29, 1.82) is 0 Å². The number of amides is 2. The van der Waals surface area contributed by atoms with Crippen LogP contribution in [0, 0.1) is 12.8 Å². The molecule has 0 aliphatic carbocycles. The van der Waals surface area contributed by atoms with Gasteiger partial charge in [0, 0.05) is 20.0 Å². The van der Waals surface area contributed by atoms with Crippen LogP contribution in [0.5, 0.6) is 0 Å². The molecule has 1 aromatic rings. The van der Waals surface area contributed by atoms with Crippen molar-refractivity contribution in [2.45, 2.75) is 13.3 Å². The van der Waals surface area contributed by atoms with Crippen LogP contribution in [0.2, 0.25) is 0 Å². The van der Waals surface area contributed by atoms with Gasteiger partial charge in [-0.05, 0) is 17.9 Å². The van der Waals surface area contributed by atoms with Gasteiger partial charge in [-0.2, -0.15) is 0 Å². The molecule has 20 heavy (non-hydrogen) atoms. The van der Waals surface area contributed by atoms with Gasteiger partial charge < -0.3 is 15.0 Å². The fourth-order valence-corrected chi connectivity index (χ4v) is 3.03. The number of nitrogens with zero attached hydrogens (tertiary/aromatic N) is 1. The number of aryl methyl sites for hydroxylation is 1. The second-order valence-corrected chi connectivity index (χ2v) is 5.66. The molecule has 7 heteroatoms. The van der Waals surface area contributed by atoms with Crippen LogP contribution in [0.15, 0.2) is 5.38 Å². The SMILES string of the molecule is COC(=O)c1scc(C)c1NC(=O)C1CC(=O)N(C)C1. The molecule has 1 atom stereocenters. The van der Waals surface area contributed by atoms with Crippen LogP contribution in [-0.4, -0.2) is 43.4 Å². The second-order valence-electron chi connectivity index (χ2n) is 4.78. The first kappa shape index (κ1) is 14.5. The van der Waals surface area contributed by atoms with E-state index in [1.807, 2.05) is 6.92 Å². The normalized spacial score (nSPS) is 18.2. The van der Waals surface area contributed by atoms with E-state index in [0.29, 0.717) is 17.1 Å². The van der Waals surface area contributed by atoms with Crippen LogP contribution >= 0.6 is 11.3 Å². The third-order valence-electron chi connectivity index (χ3n) is 3.31. The van der Waals surface area contributed by atoms with E-state index >= 15 is 0 Å². The molecule has 0 bridgehead atoms. The average Bonchev–Trinajstić information content (AvgIpc) is 2.94. The molecule has 0 spiro atoms. The molecule has 1 fully saturated rings. The molecule has 1 aromatic heterocycles. The number of hydrogen-bond acceptors (Lipinski definition) is 5. The van der Waals surface area contributed by atoms with Gasteiger partial charge in [0.05, 0.1) is 18.7 Å². The lowest BCUT2D eigenvalue weighted by Gasteiger charge is -2.12. The lowest BCUT2D eigenvalue weighted by Crippen LogP contribution is -2.26. The van der Waals surface area contributed by atoms with Gasteiger partial charge in [0.2, 0.25) is 11.8 Å². The Morgan fingerprint density at radius 1 is 1.50 bits per heavy atom. The van der Waals surface area contributed by atoms with E-state index in [0.717, 1.165) is 5.56 Å². The highest BCUT2D eigenvalue weighted by Crippen LogP contribution is 2.29. The summed E-state index contributed by atoms with van der Waals surface area (Å²) in [6.07, 6.45) is 0.207. The zero-order chi connectivity index (χ0) is 14.9. The van der Waals surface area contributed by atoms with Crippen molar-refractivity contribution >= 4 is 34.8 Å². The number of ether oxygens (including phenoxy) is 1. The van der Waals surface area contributed by atoms with E-state index < -0.39 is 5.97 Å². The quantitative estimate of drug-likeness (QED) is 0.852. The van der Waals surface area contributed by atoms with Gasteiger partial charge in [0.25, 0.3) is 0 Å². The first-order valence-electron chi connectivity index (χ1n) is 6.15. The zero-order valence-electron chi connectivity index (χ0n) is 11.6. The molecule has 1 N–H and O–H groups in total. The van der Waals surface area contributed by atoms with E-state index in [2.05, 4.69) is 10.1 Å². The van der Waals surface area contributed by atoms with E-state index in [1.165, 1.54) is 23.3 Å². The number of carbonyl (C=O) groups excluding carboxylic acids is 3. The van der Waals surface area contributed by atoms with Crippen LogP contribution in [0.25, 0.3) is 0 Å². The third kappa shape index (κ3) is 2.67. The summed E-state index contributed by atoms with van der Waals surface area (Å²) < 4.78 is 4.69. The van der Waals surface area contributed by atoms with Crippen molar-refractivity contribution in [2.75, 3.05) is 26.0 Å². The van der Waals surface area contributed by atoms with Gasteiger partial charge in [0.1, 0.15) is 4.88 Å². The van der Waals surface area contributed by atoms with E-state index in [4.69, 9.17) is 0 Å². The molecule has 1 aliphatic rings. The summed E-state index contributed by atoms with van der Waals surface area (Å²) in [5, 5.41) is 4.53. The molecule has 2 amide bonds. The van der Waals surface area contributed by atoms with Gasteiger partial charge in [-0.25, -0.2) is 4.79 Å². The lowest BCUT2D eigenvalue weighted by molar-refractivity contribution is -0.127. The Hall–Kier alpha value is -1.89. The van der Waals surface area contributed by atoms with Gasteiger partial charge in [-0.3, -0.25) is 9.59 Å². The number of anilines is 1. The highest BCUT2D eigenvalue weighted by atomic mass is 32.1. The molecular formula is C13H16N2O4S. The Bertz CT molecular complexity index is 567. The Morgan fingerprint density at radius 3 is 2.75 bits per heavy atom. The standard InChI is InChI=1S/C13H16N2O4S/c1-7-6-20-11(13(18)19-3)10(7)14-12(17)8-4-9(16)15(2)5-8/h6,8H,4-5H2,1-3H3,(H,14,17). The molecule has 6 nitrogen and oxygen atoms in total. The highest BCUT2D eigenvalue weighted by Gasteiger charge is 2.33. The number of esters is 1. The van der Waals surface area contributed by atoms with Gasteiger partial charge in [-0.1, -0.05) is 0 Å². The van der Waals surface area contributed by atoms with Crippen molar-refractivity contribution < 1.29 is 19.1 Å². The predicted molar refractivity (Wildman–Crippen MR) is 74.8 cm³/mol. The predicted octanol–water partition coefficient (Wildman–Crippen LogP) is 1.26. The van der Waals surface area contributed by atoms with Crippen molar-refractivity contribution in [3.8, 4) is 0 Å². The fourth-order valence-electron chi connectivity index (χ4n) is 2.11. The van der Waals surface area contributed by atoms with Crippen LogP contribution in [0.1, 0.15) is 21.7 Å². The third-order valence-corrected chi connectivity index (χ3v) is 4.38. The van der Waals surface area contributed by atoms with Crippen molar-refractivity contribution in [3.63, 3.8) is 0 Å². The summed E-state index contributed by atoms with van der Waals surface area (Å²) >= 11 is 1.23. The number of carbonyl (C=O) groups is 3. The van der Waals surface area contributed by atoms with Gasteiger partial charge in [0.15, 0.2) is 0 Å². The van der Waals surface area contributed by atoms with Crippen LogP contribution in [-0.2, 0) is 14.3 Å². The minimum atomic E-state index is -0.474. The maximum absolute atomic E-state index is 12.2. The van der Waals surface area contributed by atoms with Gasteiger partial charge in [-0.15, -0.1) is 11.3 Å². The summed E-state index contributed by atoms with van der Waals surface area (Å²) in [5.74, 6) is -1.13. The summed E-state index contributed by atoms with van der Waals surface area (Å²) in [6, 6.07) is 0. The maximum Gasteiger partial charge on any atom is 0.350 e. The molecule has 1 saturated heterocycles. The minimum absolute atomic E-state index is 0.0413. The molecule has 0 radical (unpaired) electrons. The Kier molecular flexibility index (Phi) is 4.08. The first-order chi connectivity index (χ1) is 9.43. The van der Waals surface area contributed by atoms with Crippen molar-refractivity contribution in [2.24, 2.45) is 5.92 Å². The van der Waals surface area contributed by atoms with Crippen LogP contribution in [0.3, 0.4) is 0 Å². The zero-order valence-corrected chi connectivity index (χ0v) is 12.4. The number of nitrogens with one attached hydrogen (secondary N) is 1. The molecule has 108 valence electrons. The first-order valence-corrected chi connectivity index (χ1v) is 7.03. The topological polar surface area (TPSA) is 75.7 Å². The summed E-state index contributed by atoms with van der Waals surface area (Å²) in [4.78, 5) is 37.2. The Morgan fingerprint density at radius 2 is 2.20 bits per heavy atom. The van der Waals surface area contributed by atoms with Crippen molar-refractivity contribution in [1.82, 2.24) is 4.90 Å². The number of thiophene rings is 1. The molecule has 2 heterocycles. The van der Waals surface area contributed by atoms with E-state index in [9.17, 15) is 14.4 Å². The summed E-state index contributed by atoms with van der Waals surface area (Å²) in [7, 11) is 2.97. The Balaban J connectivity index is 2.14. The number of hydrogen-bond donors (Lipinski definition) is 1. The largest absolute Gasteiger partial charge is 0.465 e. The number of rotatable bonds is 3. The van der Waals surface area contributed by atoms with Crippen LogP contribution < -0.4 is 5.32 Å². The smallest absolute Gasteiger partial charge is 0.350 e. The number of likely N-dealkylation sites (tertiary alicyclic amines) is 1. The summed E-state index contributed by atoms with van der Waals surface area (Å²) in [5.41, 5.74) is 1.29. The monoisotopic (exact) mass is 296 g/mol. The maximum atomic E-state index is 12.2. The average molecular weight is 296 g/mol. The molecule has 2 rings (SSSR count). The fraction of sp³-hybridized carbons (Fsp3) is 0.462. The lowest BCUT2D eigenvalue weighted by atomic mass is 10.1. The van der Waals surface area contributed by atoms with E-state index in [1.54, 1.807) is 12.4 Å². The highest BCUT2D eigenvalue weighted by molar-refractivity contribution is 7.12. The molecular weight excluding hydrogens is 280 g/mol. The van der Waals surface area contributed by atoms with Gasteiger partial charge >= 0.3 is 5.97 Å². The number of methoxy groups -OCH3 is 1. The van der Waals surface area contributed by atoms with Crippen molar-refractivity contribution in [3.05, 3.63) is 15.8 Å². The van der Waals surface area contributed by atoms with Crippen LogP contribution in [0.4, 0.5) is 5.69 Å². The molecule has 0 saturated carbocycles. The minimum Gasteiger partial charge on any atom is -0.465 e. The second kappa shape index (κ2) is 5.62. The molecule has 0 aromatic carbocycles. The molecule has 1 unspecified atom stereocenters. The summed E-state index contributed by atoms with van der Waals surface area (Å²) in [6.45, 7) is 2.21.